The topological polar surface area (TPSA) is 77.9 Å². The molecule has 1 heterocycles. The van der Waals surface area contributed by atoms with Crippen LogP contribution < -0.4 is 0 Å². The molecule has 1 aliphatic heterocycles. The van der Waals surface area contributed by atoms with Gasteiger partial charge < -0.3 is 14.9 Å². The van der Waals surface area contributed by atoms with Crippen LogP contribution in [0.4, 0.5) is 0 Å². The van der Waals surface area contributed by atoms with Gasteiger partial charge in [0, 0.05) is 29.7 Å². The predicted octanol–water partition coefficient (Wildman–Crippen LogP) is 3.93. The van der Waals surface area contributed by atoms with E-state index >= 15 is 0 Å². The number of aliphatic carboxylic acids is 1. The Labute approximate surface area is 188 Å². The number of halogens is 1. The average molecular weight is 481 g/mol. The fraction of sp³-hybridized carbons (Fsp3) is 0.208. The van der Waals surface area contributed by atoms with Gasteiger partial charge in [0.15, 0.2) is 0 Å². The molecule has 1 aliphatic rings. The number of carboxylic acids is 1. The molecule has 0 saturated carbocycles. The molecular formula is C24H21BrN2O4. The Morgan fingerprint density at radius 3 is 2.52 bits per heavy atom. The lowest BCUT2D eigenvalue weighted by atomic mass is 10.0. The molecule has 31 heavy (non-hydrogen) atoms. The molecule has 6 nitrogen and oxygen atoms in total. The van der Waals surface area contributed by atoms with E-state index in [9.17, 15) is 19.5 Å². The summed E-state index contributed by atoms with van der Waals surface area (Å²) in [4.78, 5) is 41.2. The highest BCUT2D eigenvalue weighted by Crippen LogP contribution is 2.25. The van der Waals surface area contributed by atoms with Gasteiger partial charge in [0.1, 0.15) is 6.04 Å². The molecule has 1 atom stereocenters. The molecule has 1 saturated heterocycles. The van der Waals surface area contributed by atoms with Gasteiger partial charge in [0.2, 0.25) is 5.91 Å². The highest BCUT2D eigenvalue weighted by Gasteiger charge is 2.39. The fourth-order valence-corrected chi connectivity index (χ4v) is 4.47. The molecule has 1 unspecified atom stereocenters. The summed E-state index contributed by atoms with van der Waals surface area (Å²) in [5.41, 5.74) is 1.41. The van der Waals surface area contributed by atoms with Gasteiger partial charge in [-0.15, -0.1) is 0 Å². The van der Waals surface area contributed by atoms with Gasteiger partial charge in [-0.25, -0.2) is 0 Å². The number of piperazine rings is 1. The van der Waals surface area contributed by atoms with Crippen molar-refractivity contribution in [2.75, 3.05) is 13.1 Å². The summed E-state index contributed by atoms with van der Waals surface area (Å²) >= 11 is 3.43. The van der Waals surface area contributed by atoms with Crippen LogP contribution in [0.25, 0.3) is 10.8 Å². The number of carbonyl (C=O) groups is 3. The van der Waals surface area contributed by atoms with E-state index in [2.05, 4.69) is 15.9 Å². The Morgan fingerprint density at radius 2 is 1.74 bits per heavy atom. The zero-order valence-corrected chi connectivity index (χ0v) is 18.3. The Morgan fingerprint density at radius 1 is 1.00 bits per heavy atom. The van der Waals surface area contributed by atoms with Crippen LogP contribution in [0.3, 0.4) is 0 Å². The van der Waals surface area contributed by atoms with Crippen LogP contribution in [0.5, 0.6) is 0 Å². The fourth-order valence-electron chi connectivity index (χ4n) is 4.02. The summed E-state index contributed by atoms with van der Waals surface area (Å²) in [5.74, 6) is -1.78. The molecule has 0 aliphatic carbocycles. The first-order valence-electron chi connectivity index (χ1n) is 9.98. The number of hydrogen-bond donors (Lipinski definition) is 1. The largest absolute Gasteiger partial charge is 0.481 e. The van der Waals surface area contributed by atoms with Crippen LogP contribution >= 0.6 is 15.9 Å². The SMILES string of the molecule is O=C(O)CC1C(=O)N(Cc2cccc(Br)c2)CCN1C(=O)c1cccc2ccccc12. The van der Waals surface area contributed by atoms with Gasteiger partial charge in [-0.2, -0.15) is 0 Å². The van der Waals surface area contributed by atoms with E-state index in [1.54, 1.807) is 17.0 Å². The van der Waals surface area contributed by atoms with Crippen LogP contribution in [0.2, 0.25) is 0 Å². The summed E-state index contributed by atoms with van der Waals surface area (Å²) in [7, 11) is 0. The maximum absolute atomic E-state index is 13.4. The van der Waals surface area contributed by atoms with E-state index in [0.29, 0.717) is 18.7 Å². The number of carboxylic acid groups (broad SMARTS) is 1. The van der Waals surface area contributed by atoms with Gasteiger partial charge in [-0.05, 0) is 34.5 Å². The minimum absolute atomic E-state index is 0.278. The van der Waals surface area contributed by atoms with Crippen molar-refractivity contribution in [1.82, 2.24) is 9.80 Å². The van der Waals surface area contributed by atoms with Crippen molar-refractivity contribution in [1.29, 1.82) is 0 Å². The smallest absolute Gasteiger partial charge is 0.305 e. The molecule has 158 valence electrons. The minimum atomic E-state index is -1.11. The van der Waals surface area contributed by atoms with E-state index in [1.807, 2.05) is 54.6 Å². The van der Waals surface area contributed by atoms with E-state index in [-0.39, 0.29) is 18.4 Å². The summed E-state index contributed by atoms with van der Waals surface area (Å²) in [6, 6.07) is 19.6. The minimum Gasteiger partial charge on any atom is -0.481 e. The first-order valence-corrected chi connectivity index (χ1v) is 10.8. The third-order valence-electron chi connectivity index (χ3n) is 5.50. The molecule has 3 aromatic carbocycles. The average Bonchev–Trinajstić information content (AvgIpc) is 2.75. The number of hydrogen-bond acceptors (Lipinski definition) is 3. The molecular weight excluding hydrogens is 460 g/mol. The molecule has 1 fully saturated rings. The third kappa shape index (κ3) is 4.46. The van der Waals surface area contributed by atoms with Crippen LogP contribution in [-0.4, -0.2) is 51.8 Å². The van der Waals surface area contributed by atoms with Crippen molar-refractivity contribution < 1.29 is 19.5 Å². The van der Waals surface area contributed by atoms with Crippen molar-refractivity contribution in [2.24, 2.45) is 0 Å². The second-order valence-electron chi connectivity index (χ2n) is 7.53. The number of rotatable bonds is 5. The monoisotopic (exact) mass is 480 g/mol. The molecule has 3 aromatic rings. The summed E-state index contributed by atoms with van der Waals surface area (Å²) in [6.07, 6.45) is -0.426. The van der Waals surface area contributed by atoms with Crippen molar-refractivity contribution in [2.45, 2.75) is 19.0 Å². The lowest BCUT2D eigenvalue weighted by Gasteiger charge is -2.40. The zero-order valence-electron chi connectivity index (χ0n) is 16.7. The number of fused-ring (bicyclic) bond motifs is 1. The lowest BCUT2D eigenvalue weighted by Crippen LogP contribution is -2.59. The Hall–Kier alpha value is -3.19. The molecule has 4 rings (SSSR count). The van der Waals surface area contributed by atoms with Gasteiger partial charge in [-0.3, -0.25) is 14.4 Å². The van der Waals surface area contributed by atoms with Gasteiger partial charge in [0.25, 0.3) is 5.91 Å². The molecule has 7 heteroatoms. The maximum Gasteiger partial charge on any atom is 0.305 e. The molecule has 0 aromatic heterocycles. The number of benzene rings is 3. The van der Waals surface area contributed by atoms with E-state index in [1.165, 1.54) is 4.90 Å². The molecule has 1 N–H and O–H groups in total. The first-order chi connectivity index (χ1) is 14.9. The number of amides is 2. The van der Waals surface area contributed by atoms with E-state index in [4.69, 9.17) is 0 Å². The third-order valence-corrected chi connectivity index (χ3v) is 5.99. The number of carbonyl (C=O) groups excluding carboxylic acids is 2. The molecule has 0 radical (unpaired) electrons. The summed E-state index contributed by atoms with van der Waals surface area (Å²) in [6.45, 7) is 0.988. The predicted molar refractivity (Wildman–Crippen MR) is 121 cm³/mol. The van der Waals surface area contributed by atoms with Crippen LogP contribution in [0.15, 0.2) is 71.2 Å². The highest BCUT2D eigenvalue weighted by atomic mass is 79.9. The Bertz CT molecular complexity index is 1160. The Kier molecular flexibility index (Phi) is 6.04. The van der Waals surface area contributed by atoms with Crippen LogP contribution in [0, 0.1) is 0 Å². The standard InChI is InChI=1S/C24H21BrN2O4/c25-18-8-3-5-16(13-18)15-26-11-12-27(21(24(26)31)14-22(28)29)23(30)20-10-4-7-17-6-1-2-9-19(17)20/h1-10,13,21H,11-12,14-15H2,(H,28,29). The highest BCUT2D eigenvalue weighted by molar-refractivity contribution is 9.10. The molecule has 0 bridgehead atoms. The second-order valence-corrected chi connectivity index (χ2v) is 8.44. The quantitative estimate of drug-likeness (QED) is 0.599. The van der Waals surface area contributed by atoms with Crippen LogP contribution in [0.1, 0.15) is 22.3 Å². The van der Waals surface area contributed by atoms with Crippen molar-refractivity contribution in [3.8, 4) is 0 Å². The van der Waals surface area contributed by atoms with E-state index < -0.39 is 18.4 Å². The zero-order chi connectivity index (χ0) is 22.0. The normalized spacial score (nSPS) is 16.5. The van der Waals surface area contributed by atoms with Crippen molar-refractivity contribution in [3.63, 3.8) is 0 Å². The van der Waals surface area contributed by atoms with E-state index in [0.717, 1.165) is 20.8 Å². The number of nitrogens with zero attached hydrogens (tertiary/aromatic N) is 2. The second kappa shape index (κ2) is 8.89. The van der Waals surface area contributed by atoms with Gasteiger partial charge in [-0.1, -0.05) is 64.5 Å². The first kappa shape index (κ1) is 21.1. The van der Waals surface area contributed by atoms with Gasteiger partial charge >= 0.3 is 5.97 Å². The van der Waals surface area contributed by atoms with Crippen molar-refractivity contribution in [3.05, 3.63) is 82.3 Å². The molecule has 2 amide bonds. The van der Waals surface area contributed by atoms with Crippen LogP contribution in [-0.2, 0) is 16.1 Å². The maximum atomic E-state index is 13.4. The summed E-state index contributed by atoms with van der Waals surface area (Å²) in [5, 5.41) is 11.1. The lowest BCUT2D eigenvalue weighted by molar-refractivity contribution is -0.148. The summed E-state index contributed by atoms with van der Waals surface area (Å²) < 4.78 is 0.907. The van der Waals surface area contributed by atoms with Gasteiger partial charge in [0.05, 0.1) is 6.42 Å². The Balaban J connectivity index is 1.62. The van der Waals surface area contributed by atoms with Crippen molar-refractivity contribution >= 4 is 44.5 Å². The molecule has 0 spiro atoms.